The maximum Gasteiger partial charge on any atom is 0.282 e. The maximum atomic E-state index is 12.5. The standard InChI is InChI=1S/C8H13F2N3O/c9-8(10,7-14)6-11-3-5-13-4-1-2-12-13/h1-2,4,11,14H,3,5-7H2. The third-order valence-electron chi connectivity index (χ3n) is 1.69. The molecule has 0 bridgehead atoms. The minimum absolute atomic E-state index is 0.400. The molecule has 14 heavy (non-hydrogen) atoms. The summed E-state index contributed by atoms with van der Waals surface area (Å²) in [5.41, 5.74) is 0. The summed E-state index contributed by atoms with van der Waals surface area (Å²) in [6.07, 6.45) is 3.38. The molecule has 0 aromatic carbocycles. The van der Waals surface area contributed by atoms with Crippen LogP contribution in [0.5, 0.6) is 0 Å². The third kappa shape index (κ3) is 3.80. The molecule has 0 aliphatic carbocycles. The zero-order valence-electron chi connectivity index (χ0n) is 7.66. The first kappa shape index (κ1) is 11.1. The van der Waals surface area contributed by atoms with Crippen LogP contribution in [0.1, 0.15) is 0 Å². The van der Waals surface area contributed by atoms with Crippen LogP contribution < -0.4 is 5.32 Å². The van der Waals surface area contributed by atoms with E-state index < -0.39 is 19.1 Å². The van der Waals surface area contributed by atoms with E-state index in [2.05, 4.69) is 10.4 Å². The largest absolute Gasteiger partial charge is 0.390 e. The summed E-state index contributed by atoms with van der Waals surface area (Å²) in [4.78, 5) is 0. The predicted molar refractivity (Wildman–Crippen MR) is 47.1 cm³/mol. The smallest absolute Gasteiger partial charge is 0.282 e. The van der Waals surface area contributed by atoms with E-state index in [9.17, 15) is 8.78 Å². The molecule has 2 N–H and O–H groups in total. The molecule has 0 radical (unpaired) electrons. The van der Waals surface area contributed by atoms with Crippen molar-refractivity contribution in [3.05, 3.63) is 18.5 Å². The fraction of sp³-hybridized carbons (Fsp3) is 0.625. The number of aliphatic hydroxyl groups is 1. The van der Waals surface area contributed by atoms with Crippen molar-refractivity contribution in [3.8, 4) is 0 Å². The number of nitrogens with zero attached hydrogens (tertiary/aromatic N) is 2. The molecule has 0 aliphatic rings. The molecule has 4 nitrogen and oxygen atoms in total. The van der Waals surface area contributed by atoms with Gasteiger partial charge in [-0.3, -0.25) is 4.68 Å². The molecular weight excluding hydrogens is 192 g/mol. The summed E-state index contributed by atoms with van der Waals surface area (Å²) >= 11 is 0. The summed E-state index contributed by atoms with van der Waals surface area (Å²) < 4.78 is 26.6. The first-order valence-corrected chi connectivity index (χ1v) is 4.31. The van der Waals surface area contributed by atoms with Gasteiger partial charge in [0.1, 0.15) is 6.61 Å². The minimum atomic E-state index is -3.04. The number of aromatic nitrogens is 2. The average Bonchev–Trinajstić information content (AvgIpc) is 2.65. The SMILES string of the molecule is OCC(F)(F)CNCCn1cccn1. The van der Waals surface area contributed by atoms with Gasteiger partial charge in [-0.05, 0) is 6.07 Å². The van der Waals surface area contributed by atoms with Gasteiger partial charge < -0.3 is 10.4 Å². The Morgan fingerprint density at radius 2 is 2.29 bits per heavy atom. The lowest BCUT2D eigenvalue weighted by atomic mass is 10.3. The summed E-state index contributed by atoms with van der Waals surface area (Å²) in [7, 11) is 0. The second-order valence-corrected chi connectivity index (χ2v) is 2.96. The number of hydrogen-bond acceptors (Lipinski definition) is 3. The van der Waals surface area contributed by atoms with Crippen LogP contribution in [0.3, 0.4) is 0 Å². The first-order valence-electron chi connectivity index (χ1n) is 4.31. The lowest BCUT2D eigenvalue weighted by Gasteiger charge is -2.13. The maximum absolute atomic E-state index is 12.5. The highest BCUT2D eigenvalue weighted by Crippen LogP contribution is 2.09. The predicted octanol–water partition coefficient (Wildman–Crippen LogP) is 0.100. The highest BCUT2D eigenvalue weighted by molar-refractivity contribution is 4.77. The summed E-state index contributed by atoms with van der Waals surface area (Å²) in [5.74, 6) is -3.04. The molecular formula is C8H13F2N3O. The Bertz CT molecular complexity index is 251. The summed E-state index contributed by atoms with van der Waals surface area (Å²) in [6.45, 7) is -0.696. The van der Waals surface area contributed by atoms with E-state index in [-0.39, 0.29) is 0 Å². The van der Waals surface area contributed by atoms with E-state index in [1.54, 1.807) is 23.1 Å². The minimum Gasteiger partial charge on any atom is -0.390 e. The highest BCUT2D eigenvalue weighted by Gasteiger charge is 2.26. The lowest BCUT2D eigenvalue weighted by Crippen LogP contribution is -2.37. The Balaban J connectivity index is 2.11. The third-order valence-corrected chi connectivity index (χ3v) is 1.69. The van der Waals surface area contributed by atoms with Gasteiger partial charge in [0, 0.05) is 18.9 Å². The van der Waals surface area contributed by atoms with E-state index in [1.807, 2.05) is 0 Å². The molecule has 0 fully saturated rings. The Hall–Kier alpha value is -1.01. The number of alkyl halides is 2. The van der Waals surface area contributed by atoms with Gasteiger partial charge in [-0.25, -0.2) is 8.78 Å². The van der Waals surface area contributed by atoms with Gasteiger partial charge in [0.05, 0.1) is 13.1 Å². The van der Waals surface area contributed by atoms with Crippen molar-refractivity contribution in [1.29, 1.82) is 0 Å². The van der Waals surface area contributed by atoms with Crippen molar-refractivity contribution in [3.63, 3.8) is 0 Å². The Kier molecular flexibility index (Phi) is 3.97. The summed E-state index contributed by atoms with van der Waals surface area (Å²) in [6, 6.07) is 1.77. The van der Waals surface area contributed by atoms with Crippen LogP contribution in [0.25, 0.3) is 0 Å². The quantitative estimate of drug-likeness (QED) is 0.648. The molecule has 1 aromatic rings. The van der Waals surface area contributed by atoms with Gasteiger partial charge in [-0.15, -0.1) is 0 Å². The Labute approximate surface area is 80.5 Å². The van der Waals surface area contributed by atoms with E-state index in [1.165, 1.54) is 0 Å². The molecule has 0 spiro atoms. The number of aliphatic hydroxyl groups excluding tert-OH is 1. The van der Waals surface area contributed by atoms with Crippen LogP contribution in [0.4, 0.5) is 8.78 Å². The molecule has 0 amide bonds. The van der Waals surface area contributed by atoms with Gasteiger partial charge in [-0.2, -0.15) is 5.10 Å². The molecule has 1 heterocycles. The lowest BCUT2D eigenvalue weighted by molar-refractivity contribution is -0.0475. The normalized spacial score (nSPS) is 11.9. The zero-order valence-corrected chi connectivity index (χ0v) is 7.66. The Morgan fingerprint density at radius 1 is 1.50 bits per heavy atom. The topological polar surface area (TPSA) is 50.1 Å². The Morgan fingerprint density at radius 3 is 2.86 bits per heavy atom. The fourth-order valence-corrected chi connectivity index (χ4v) is 0.953. The van der Waals surface area contributed by atoms with Gasteiger partial charge >= 0.3 is 0 Å². The molecule has 1 aromatic heterocycles. The molecule has 0 atom stereocenters. The van der Waals surface area contributed by atoms with Crippen molar-refractivity contribution in [2.24, 2.45) is 0 Å². The van der Waals surface area contributed by atoms with Crippen molar-refractivity contribution >= 4 is 0 Å². The van der Waals surface area contributed by atoms with Gasteiger partial charge in [-0.1, -0.05) is 0 Å². The number of halogens is 2. The second-order valence-electron chi connectivity index (χ2n) is 2.96. The number of nitrogens with one attached hydrogen (secondary N) is 1. The number of rotatable bonds is 6. The van der Waals surface area contributed by atoms with Crippen LogP contribution in [-0.2, 0) is 6.54 Å². The molecule has 6 heteroatoms. The number of hydrogen-bond donors (Lipinski definition) is 2. The van der Waals surface area contributed by atoms with Gasteiger partial charge in [0.25, 0.3) is 5.92 Å². The zero-order chi connectivity index (χ0) is 10.4. The van der Waals surface area contributed by atoms with Crippen molar-refractivity contribution < 1.29 is 13.9 Å². The van der Waals surface area contributed by atoms with Crippen LogP contribution in [0.2, 0.25) is 0 Å². The van der Waals surface area contributed by atoms with Crippen molar-refractivity contribution in [1.82, 2.24) is 15.1 Å². The molecule has 0 saturated heterocycles. The van der Waals surface area contributed by atoms with Crippen LogP contribution in [0.15, 0.2) is 18.5 Å². The molecule has 0 unspecified atom stereocenters. The fourth-order valence-electron chi connectivity index (χ4n) is 0.953. The first-order chi connectivity index (χ1) is 6.64. The van der Waals surface area contributed by atoms with Gasteiger partial charge in [0.2, 0.25) is 0 Å². The van der Waals surface area contributed by atoms with Crippen LogP contribution in [-0.4, -0.2) is 40.5 Å². The van der Waals surface area contributed by atoms with E-state index in [0.717, 1.165) is 0 Å². The average molecular weight is 205 g/mol. The molecule has 1 rings (SSSR count). The summed E-state index contributed by atoms with van der Waals surface area (Å²) in [5, 5.41) is 14.7. The van der Waals surface area contributed by atoms with Crippen LogP contribution >= 0.6 is 0 Å². The van der Waals surface area contributed by atoms with E-state index in [4.69, 9.17) is 5.11 Å². The highest BCUT2D eigenvalue weighted by atomic mass is 19.3. The van der Waals surface area contributed by atoms with E-state index in [0.29, 0.717) is 13.1 Å². The monoisotopic (exact) mass is 205 g/mol. The molecule has 80 valence electrons. The van der Waals surface area contributed by atoms with Crippen LogP contribution in [0, 0.1) is 0 Å². The van der Waals surface area contributed by atoms with Crippen molar-refractivity contribution in [2.45, 2.75) is 12.5 Å². The molecule has 0 saturated carbocycles. The van der Waals surface area contributed by atoms with E-state index >= 15 is 0 Å². The molecule has 0 aliphatic heterocycles. The second kappa shape index (κ2) is 5.02. The van der Waals surface area contributed by atoms with Gasteiger partial charge in [0.15, 0.2) is 0 Å². The van der Waals surface area contributed by atoms with Crippen molar-refractivity contribution in [2.75, 3.05) is 19.7 Å².